The molecule has 2 N–H and O–H groups in total. The number of amides is 1. The van der Waals surface area contributed by atoms with E-state index >= 15 is 0 Å². The molecule has 0 aliphatic carbocycles. The molecule has 0 fully saturated rings. The molecule has 0 radical (unpaired) electrons. The smallest absolute Gasteiger partial charge is 0.240 e. The molecule has 0 bridgehead atoms. The minimum absolute atomic E-state index is 0.0671. The summed E-state index contributed by atoms with van der Waals surface area (Å²) in [4.78, 5) is 12.5. The molecule has 3 aromatic rings. The summed E-state index contributed by atoms with van der Waals surface area (Å²) in [6, 6.07) is 22.3. The Balaban J connectivity index is 1.49. The van der Waals surface area contributed by atoms with Crippen molar-refractivity contribution in [3.8, 4) is 0 Å². The van der Waals surface area contributed by atoms with E-state index < -0.39 is 10.0 Å². The van der Waals surface area contributed by atoms with E-state index in [0.717, 1.165) is 22.4 Å². The molecular formula is C25H28N2O3S. The summed E-state index contributed by atoms with van der Waals surface area (Å²) in [5.74, 6) is -0.0671. The van der Waals surface area contributed by atoms with E-state index in [0.29, 0.717) is 25.8 Å². The molecule has 0 aliphatic heterocycles. The fourth-order valence-electron chi connectivity index (χ4n) is 3.19. The van der Waals surface area contributed by atoms with Gasteiger partial charge in [-0.15, -0.1) is 0 Å². The normalized spacial score (nSPS) is 11.3. The van der Waals surface area contributed by atoms with Gasteiger partial charge in [-0.25, -0.2) is 13.1 Å². The molecule has 3 rings (SSSR count). The van der Waals surface area contributed by atoms with E-state index in [2.05, 4.69) is 10.0 Å². The third-order valence-corrected chi connectivity index (χ3v) is 6.69. The Morgan fingerprint density at radius 3 is 2.16 bits per heavy atom. The van der Waals surface area contributed by atoms with Crippen molar-refractivity contribution < 1.29 is 13.2 Å². The van der Waals surface area contributed by atoms with Crippen molar-refractivity contribution in [2.24, 2.45) is 0 Å². The number of carbonyl (C=O) groups excluding carboxylic acids is 1. The first-order valence-corrected chi connectivity index (χ1v) is 11.8. The molecule has 0 unspecified atom stereocenters. The summed E-state index contributed by atoms with van der Waals surface area (Å²) < 4.78 is 27.6. The number of hydrogen-bond donors (Lipinski definition) is 2. The van der Waals surface area contributed by atoms with Crippen LogP contribution in [0.15, 0.2) is 77.7 Å². The van der Waals surface area contributed by atoms with Gasteiger partial charge in [-0.05, 0) is 73.2 Å². The quantitative estimate of drug-likeness (QED) is 0.522. The lowest BCUT2D eigenvalue weighted by molar-refractivity contribution is -0.116. The molecule has 0 saturated carbocycles. The predicted octanol–water partition coefficient (Wildman–Crippen LogP) is 4.40. The van der Waals surface area contributed by atoms with Crippen LogP contribution >= 0.6 is 0 Å². The van der Waals surface area contributed by atoms with E-state index in [9.17, 15) is 13.2 Å². The highest BCUT2D eigenvalue weighted by Gasteiger charge is 2.13. The first kappa shape index (κ1) is 22.7. The van der Waals surface area contributed by atoms with Crippen molar-refractivity contribution in [1.29, 1.82) is 0 Å². The monoisotopic (exact) mass is 436 g/mol. The van der Waals surface area contributed by atoms with Crippen LogP contribution in [0.2, 0.25) is 0 Å². The molecule has 0 aliphatic rings. The zero-order chi connectivity index (χ0) is 22.3. The highest BCUT2D eigenvalue weighted by molar-refractivity contribution is 7.89. The number of carbonyl (C=O) groups is 1. The second-order valence-electron chi connectivity index (χ2n) is 7.62. The Hall–Kier alpha value is -2.96. The van der Waals surface area contributed by atoms with E-state index in [1.54, 1.807) is 24.3 Å². The highest BCUT2D eigenvalue weighted by Crippen LogP contribution is 2.16. The van der Waals surface area contributed by atoms with Crippen LogP contribution in [0.25, 0.3) is 0 Å². The number of sulfonamides is 1. The number of rotatable bonds is 9. The third kappa shape index (κ3) is 6.77. The standard InChI is InChI=1S/C25H28N2O3S/c1-19-8-12-23(18-20(19)2)27-25(28)15-11-22-9-13-24(14-10-22)31(29,30)26-17-16-21-6-4-3-5-7-21/h3-10,12-14,18,26H,11,15-17H2,1-2H3,(H,27,28). The number of benzene rings is 3. The van der Waals surface area contributed by atoms with Crippen molar-refractivity contribution in [1.82, 2.24) is 4.72 Å². The van der Waals surface area contributed by atoms with Crippen molar-refractivity contribution >= 4 is 21.6 Å². The van der Waals surface area contributed by atoms with Crippen LogP contribution < -0.4 is 10.0 Å². The minimum atomic E-state index is -3.56. The largest absolute Gasteiger partial charge is 0.326 e. The molecule has 0 spiro atoms. The molecule has 6 heteroatoms. The van der Waals surface area contributed by atoms with E-state index in [-0.39, 0.29) is 10.8 Å². The molecule has 162 valence electrons. The van der Waals surface area contributed by atoms with Gasteiger partial charge in [-0.3, -0.25) is 4.79 Å². The van der Waals surface area contributed by atoms with Crippen LogP contribution in [-0.4, -0.2) is 20.9 Å². The molecule has 0 saturated heterocycles. The lowest BCUT2D eigenvalue weighted by Gasteiger charge is -2.09. The van der Waals surface area contributed by atoms with Crippen LogP contribution in [0.5, 0.6) is 0 Å². The Bertz CT molecular complexity index is 1130. The van der Waals surface area contributed by atoms with Gasteiger partial charge in [0.15, 0.2) is 0 Å². The van der Waals surface area contributed by atoms with Gasteiger partial charge in [0.2, 0.25) is 15.9 Å². The molecule has 3 aromatic carbocycles. The van der Waals surface area contributed by atoms with Gasteiger partial charge in [0, 0.05) is 18.7 Å². The van der Waals surface area contributed by atoms with Gasteiger partial charge in [-0.2, -0.15) is 0 Å². The Morgan fingerprint density at radius 2 is 1.48 bits per heavy atom. The van der Waals surface area contributed by atoms with E-state index in [1.165, 1.54) is 5.56 Å². The second-order valence-corrected chi connectivity index (χ2v) is 9.39. The first-order chi connectivity index (χ1) is 14.8. The Labute approximate surface area is 184 Å². The van der Waals surface area contributed by atoms with Crippen molar-refractivity contribution in [2.75, 3.05) is 11.9 Å². The van der Waals surface area contributed by atoms with Gasteiger partial charge in [0.1, 0.15) is 0 Å². The minimum Gasteiger partial charge on any atom is -0.326 e. The first-order valence-electron chi connectivity index (χ1n) is 10.3. The number of aryl methyl sites for hydroxylation is 3. The molecule has 1 amide bonds. The predicted molar refractivity (Wildman–Crippen MR) is 125 cm³/mol. The average molecular weight is 437 g/mol. The van der Waals surface area contributed by atoms with Crippen LogP contribution in [0.1, 0.15) is 28.7 Å². The van der Waals surface area contributed by atoms with E-state index in [1.807, 2.05) is 62.4 Å². The van der Waals surface area contributed by atoms with Gasteiger partial charge in [0.05, 0.1) is 4.90 Å². The summed E-state index contributed by atoms with van der Waals surface area (Å²) in [7, 11) is -3.56. The van der Waals surface area contributed by atoms with E-state index in [4.69, 9.17) is 0 Å². The topological polar surface area (TPSA) is 75.3 Å². The van der Waals surface area contributed by atoms with Crippen molar-refractivity contribution in [3.05, 3.63) is 95.1 Å². The zero-order valence-electron chi connectivity index (χ0n) is 17.9. The van der Waals surface area contributed by atoms with Gasteiger partial charge in [0.25, 0.3) is 0 Å². The van der Waals surface area contributed by atoms with Crippen LogP contribution in [0, 0.1) is 13.8 Å². The van der Waals surface area contributed by atoms with Crippen molar-refractivity contribution in [2.45, 2.75) is 38.0 Å². The Morgan fingerprint density at radius 1 is 0.806 bits per heavy atom. The molecule has 0 aromatic heterocycles. The molecule has 5 nitrogen and oxygen atoms in total. The molecule has 0 atom stereocenters. The average Bonchev–Trinajstić information content (AvgIpc) is 2.76. The maximum Gasteiger partial charge on any atom is 0.240 e. The highest BCUT2D eigenvalue weighted by atomic mass is 32.2. The fourth-order valence-corrected chi connectivity index (χ4v) is 4.23. The zero-order valence-corrected chi connectivity index (χ0v) is 18.7. The van der Waals surface area contributed by atoms with Crippen LogP contribution in [-0.2, 0) is 27.7 Å². The van der Waals surface area contributed by atoms with Gasteiger partial charge < -0.3 is 5.32 Å². The fraction of sp³-hybridized carbons (Fsp3) is 0.240. The van der Waals surface area contributed by atoms with Gasteiger partial charge in [-0.1, -0.05) is 48.5 Å². The molecule has 31 heavy (non-hydrogen) atoms. The summed E-state index contributed by atoms with van der Waals surface area (Å²) in [6.45, 7) is 4.38. The second kappa shape index (κ2) is 10.4. The maximum absolute atomic E-state index is 12.5. The SMILES string of the molecule is Cc1ccc(NC(=O)CCc2ccc(S(=O)(=O)NCCc3ccccc3)cc2)cc1C. The van der Waals surface area contributed by atoms with Crippen LogP contribution in [0.3, 0.4) is 0 Å². The summed E-state index contributed by atoms with van der Waals surface area (Å²) in [6.07, 6.45) is 1.50. The maximum atomic E-state index is 12.5. The Kier molecular flexibility index (Phi) is 7.60. The number of hydrogen-bond acceptors (Lipinski definition) is 3. The number of anilines is 1. The van der Waals surface area contributed by atoms with Crippen molar-refractivity contribution in [3.63, 3.8) is 0 Å². The summed E-state index contributed by atoms with van der Waals surface area (Å²) in [5, 5.41) is 2.91. The number of nitrogens with one attached hydrogen (secondary N) is 2. The molecule has 0 heterocycles. The van der Waals surface area contributed by atoms with Gasteiger partial charge >= 0.3 is 0 Å². The molecular weight excluding hydrogens is 408 g/mol. The lowest BCUT2D eigenvalue weighted by Crippen LogP contribution is -2.26. The summed E-state index contributed by atoms with van der Waals surface area (Å²) in [5.41, 5.74) is 5.10. The lowest BCUT2D eigenvalue weighted by atomic mass is 10.1. The third-order valence-electron chi connectivity index (χ3n) is 5.21. The van der Waals surface area contributed by atoms with Crippen LogP contribution in [0.4, 0.5) is 5.69 Å². The summed E-state index contributed by atoms with van der Waals surface area (Å²) >= 11 is 0.